The summed E-state index contributed by atoms with van der Waals surface area (Å²) < 4.78 is 9.16. The largest absolute Gasteiger partial charge is 0.462 e. The number of esters is 1. The average molecular weight is 415 g/mol. The molecule has 0 unspecified atom stereocenters. The molecule has 0 aliphatic heterocycles. The number of imidazole rings is 1. The van der Waals surface area contributed by atoms with Crippen molar-refractivity contribution < 1.29 is 18.9 Å². The predicted octanol–water partition coefficient (Wildman–Crippen LogP) is 3.40. The number of hydrogen-bond donors (Lipinski definition) is 1. The summed E-state index contributed by atoms with van der Waals surface area (Å²) in [4.78, 5) is 24.7. The van der Waals surface area contributed by atoms with E-state index in [2.05, 4.69) is 16.8 Å². The molecular weight excluding hydrogens is 390 g/mol. The number of rotatable bonds is 7. The third-order valence-electron chi connectivity index (χ3n) is 4.87. The van der Waals surface area contributed by atoms with Gasteiger partial charge in [0, 0.05) is 24.6 Å². The zero-order chi connectivity index (χ0) is 21.0. The number of carbonyl (C=O) groups excluding carboxylic acids is 2. The van der Waals surface area contributed by atoms with Gasteiger partial charge in [-0.3, -0.25) is 4.79 Å². The van der Waals surface area contributed by atoms with Gasteiger partial charge < -0.3 is 10.1 Å². The molecule has 1 N–H and O–H groups in total. The molecular formula is C22H25ClN3O3+. The van der Waals surface area contributed by atoms with E-state index in [1.54, 1.807) is 31.2 Å². The van der Waals surface area contributed by atoms with Crippen molar-refractivity contribution in [2.24, 2.45) is 0 Å². The van der Waals surface area contributed by atoms with Crippen molar-refractivity contribution in [3.8, 4) is 0 Å². The summed E-state index contributed by atoms with van der Waals surface area (Å²) in [6.07, 6.45) is 0. The van der Waals surface area contributed by atoms with Gasteiger partial charge in [-0.15, -0.1) is 0 Å². The van der Waals surface area contributed by atoms with Crippen molar-refractivity contribution in [1.29, 1.82) is 0 Å². The van der Waals surface area contributed by atoms with Crippen LogP contribution in [0.2, 0.25) is 5.02 Å². The maximum Gasteiger partial charge on any atom is 0.338 e. The molecule has 3 rings (SSSR count). The van der Waals surface area contributed by atoms with Crippen LogP contribution in [0.1, 0.15) is 35.6 Å². The molecule has 0 radical (unpaired) electrons. The lowest BCUT2D eigenvalue weighted by Crippen LogP contribution is -2.36. The van der Waals surface area contributed by atoms with Crippen LogP contribution in [0.3, 0.4) is 0 Å². The number of nitrogens with zero attached hydrogens (tertiary/aromatic N) is 2. The second-order valence-corrected chi connectivity index (χ2v) is 7.14. The first-order chi connectivity index (χ1) is 13.9. The summed E-state index contributed by atoms with van der Waals surface area (Å²) in [5, 5.41) is 3.60. The fourth-order valence-electron chi connectivity index (χ4n) is 3.40. The van der Waals surface area contributed by atoms with Crippen LogP contribution in [0.4, 0.5) is 0 Å². The van der Waals surface area contributed by atoms with Crippen LogP contribution < -0.4 is 9.88 Å². The molecule has 0 atom stereocenters. The minimum absolute atomic E-state index is 0.107. The molecule has 6 nitrogen and oxygen atoms in total. The summed E-state index contributed by atoms with van der Waals surface area (Å²) in [5.74, 6) is 0.477. The lowest BCUT2D eigenvalue weighted by molar-refractivity contribution is -0.674. The molecule has 0 bridgehead atoms. The molecule has 152 valence electrons. The fourth-order valence-corrected chi connectivity index (χ4v) is 3.53. The number of hydrogen-bond acceptors (Lipinski definition) is 3. The first kappa shape index (κ1) is 20.9. The Balaban J connectivity index is 1.85. The molecule has 7 heteroatoms. The highest BCUT2D eigenvalue weighted by Gasteiger charge is 2.24. The molecule has 0 fully saturated rings. The number of carbonyl (C=O) groups is 2. The first-order valence-electron chi connectivity index (χ1n) is 9.65. The van der Waals surface area contributed by atoms with E-state index in [1.807, 2.05) is 29.7 Å². The summed E-state index contributed by atoms with van der Waals surface area (Å²) in [6.45, 7) is 7.47. The summed E-state index contributed by atoms with van der Waals surface area (Å²) >= 11 is 5.90. The zero-order valence-corrected chi connectivity index (χ0v) is 17.6. The monoisotopic (exact) mass is 414 g/mol. The van der Waals surface area contributed by atoms with Gasteiger partial charge >= 0.3 is 5.97 Å². The number of fused-ring (bicyclic) bond motifs is 1. The topological polar surface area (TPSA) is 64.2 Å². The van der Waals surface area contributed by atoms with Crippen LogP contribution in [0, 0.1) is 6.92 Å². The smallest absolute Gasteiger partial charge is 0.338 e. The van der Waals surface area contributed by atoms with Crippen molar-refractivity contribution in [1.82, 2.24) is 9.88 Å². The Kier molecular flexibility index (Phi) is 6.54. The van der Waals surface area contributed by atoms with Gasteiger partial charge in [0.2, 0.25) is 0 Å². The first-order valence-corrected chi connectivity index (χ1v) is 10.0. The van der Waals surface area contributed by atoms with Gasteiger partial charge in [0.15, 0.2) is 17.6 Å². The Labute approximate surface area is 175 Å². The van der Waals surface area contributed by atoms with E-state index in [4.69, 9.17) is 16.3 Å². The standard InChI is InChI=1S/C22H24ClN3O3/c1-4-25-15(3)26(14-21(27)24-13-16-6-9-18(23)10-7-16)20-12-17(8-11-19(20)25)22(28)29-5-2/h6-12H,4-5,13-14H2,1-3H3/p+1. The van der Waals surface area contributed by atoms with Crippen LogP contribution in [0.25, 0.3) is 11.0 Å². The highest BCUT2D eigenvalue weighted by atomic mass is 35.5. The third-order valence-corrected chi connectivity index (χ3v) is 5.12. The number of benzene rings is 2. The molecule has 29 heavy (non-hydrogen) atoms. The van der Waals surface area contributed by atoms with Crippen molar-refractivity contribution in [3.63, 3.8) is 0 Å². The Bertz CT molecular complexity index is 1040. The van der Waals surface area contributed by atoms with Crippen LogP contribution in [-0.4, -0.2) is 23.1 Å². The van der Waals surface area contributed by atoms with Gasteiger partial charge in [-0.1, -0.05) is 23.7 Å². The number of aryl methyl sites for hydroxylation is 1. The lowest BCUT2D eigenvalue weighted by atomic mass is 10.2. The maximum absolute atomic E-state index is 12.6. The Hall–Kier alpha value is -2.86. The number of amides is 1. The van der Waals surface area contributed by atoms with E-state index >= 15 is 0 Å². The summed E-state index contributed by atoms with van der Waals surface area (Å²) in [7, 11) is 0. The van der Waals surface area contributed by atoms with Crippen molar-refractivity contribution >= 4 is 34.5 Å². The fraction of sp³-hybridized carbons (Fsp3) is 0.318. The van der Waals surface area contributed by atoms with Gasteiger partial charge in [0.05, 0.1) is 18.7 Å². The van der Waals surface area contributed by atoms with E-state index in [-0.39, 0.29) is 18.4 Å². The van der Waals surface area contributed by atoms with Crippen LogP contribution in [0.15, 0.2) is 42.5 Å². The second kappa shape index (κ2) is 9.09. The van der Waals surface area contributed by atoms with Crippen LogP contribution in [0.5, 0.6) is 0 Å². The highest BCUT2D eigenvalue weighted by Crippen LogP contribution is 2.18. The van der Waals surface area contributed by atoms with E-state index < -0.39 is 0 Å². The van der Waals surface area contributed by atoms with E-state index in [9.17, 15) is 9.59 Å². The molecule has 0 saturated carbocycles. The maximum atomic E-state index is 12.6. The van der Waals surface area contributed by atoms with E-state index in [0.29, 0.717) is 23.7 Å². The van der Waals surface area contributed by atoms with Crippen LogP contribution >= 0.6 is 11.6 Å². The van der Waals surface area contributed by atoms with Crippen molar-refractivity contribution in [2.45, 2.75) is 40.4 Å². The van der Waals surface area contributed by atoms with E-state index in [1.165, 1.54) is 0 Å². The molecule has 3 aromatic rings. The molecule has 0 spiro atoms. The van der Waals surface area contributed by atoms with Gasteiger partial charge in [0.25, 0.3) is 11.7 Å². The molecule has 2 aromatic carbocycles. The number of halogens is 1. The minimum Gasteiger partial charge on any atom is -0.462 e. The highest BCUT2D eigenvalue weighted by molar-refractivity contribution is 6.30. The second-order valence-electron chi connectivity index (χ2n) is 6.70. The van der Waals surface area contributed by atoms with E-state index in [0.717, 1.165) is 29.0 Å². The van der Waals surface area contributed by atoms with Crippen LogP contribution in [-0.2, 0) is 29.2 Å². The molecule has 0 aliphatic carbocycles. The van der Waals surface area contributed by atoms with Crippen molar-refractivity contribution in [3.05, 3.63) is 64.4 Å². The molecule has 0 saturated heterocycles. The average Bonchev–Trinajstić information content (AvgIpc) is 2.98. The van der Waals surface area contributed by atoms with Crippen molar-refractivity contribution in [2.75, 3.05) is 6.61 Å². The quantitative estimate of drug-likeness (QED) is 0.476. The molecule has 1 amide bonds. The van der Waals surface area contributed by atoms with Gasteiger partial charge in [-0.25, -0.2) is 13.9 Å². The van der Waals surface area contributed by atoms with Gasteiger partial charge in [0.1, 0.15) is 0 Å². The normalized spacial score (nSPS) is 10.9. The Morgan fingerprint density at radius 3 is 2.52 bits per heavy atom. The molecule has 0 aliphatic rings. The number of nitrogens with one attached hydrogen (secondary N) is 1. The zero-order valence-electron chi connectivity index (χ0n) is 16.9. The third kappa shape index (κ3) is 4.59. The van der Waals surface area contributed by atoms with Gasteiger partial charge in [-0.2, -0.15) is 0 Å². The molecule has 1 heterocycles. The SMILES string of the molecule is CCOC(=O)c1ccc2c(c1)n(CC(=O)NCc1ccc(Cl)cc1)c(C)[n+]2CC. The summed E-state index contributed by atoms with van der Waals surface area (Å²) in [6, 6.07) is 12.8. The predicted molar refractivity (Wildman–Crippen MR) is 112 cm³/mol. The number of ether oxygens (including phenoxy) is 1. The Morgan fingerprint density at radius 1 is 1.14 bits per heavy atom. The molecule has 1 aromatic heterocycles. The minimum atomic E-state index is -0.366. The Morgan fingerprint density at radius 2 is 1.86 bits per heavy atom. The number of aromatic nitrogens is 2. The lowest BCUT2D eigenvalue weighted by Gasteiger charge is -2.06. The van der Waals surface area contributed by atoms with Gasteiger partial charge in [-0.05, 0) is 43.7 Å². The summed E-state index contributed by atoms with van der Waals surface area (Å²) in [5.41, 5.74) is 3.26.